The molecule has 0 saturated carbocycles. The predicted octanol–water partition coefficient (Wildman–Crippen LogP) is 3.41. The normalized spacial score (nSPS) is 16.8. The van der Waals surface area contributed by atoms with Crippen LogP contribution >= 0.6 is 11.6 Å². The van der Waals surface area contributed by atoms with E-state index < -0.39 is 0 Å². The van der Waals surface area contributed by atoms with E-state index in [1.807, 2.05) is 30.3 Å². The van der Waals surface area contributed by atoms with Crippen molar-refractivity contribution < 1.29 is 9.84 Å². The van der Waals surface area contributed by atoms with Crippen LogP contribution in [0.25, 0.3) is 10.9 Å². The number of phenols is 1. The quantitative estimate of drug-likeness (QED) is 0.780. The third-order valence-corrected chi connectivity index (χ3v) is 4.88. The van der Waals surface area contributed by atoms with E-state index in [4.69, 9.17) is 16.3 Å². The number of hydrogen-bond donors (Lipinski definition) is 1. The number of pyridine rings is 2. The number of aromatic hydroxyl groups is 1. The van der Waals surface area contributed by atoms with Crippen molar-refractivity contribution in [1.82, 2.24) is 14.9 Å². The zero-order valence-electron chi connectivity index (χ0n) is 13.6. The first-order chi connectivity index (χ1) is 12.3. The lowest BCUT2D eigenvalue weighted by Gasteiger charge is -2.35. The van der Waals surface area contributed by atoms with E-state index in [0.717, 1.165) is 29.6 Å². The Kier molecular flexibility index (Phi) is 4.53. The molecule has 6 heteroatoms. The smallest absolute Gasteiger partial charge is 0.147 e. The highest BCUT2D eigenvalue weighted by molar-refractivity contribution is 6.35. The first-order valence-electron chi connectivity index (χ1n) is 8.23. The van der Waals surface area contributed by atoms with Gasteiger partial charge in [-0.05, 0) is 35.9 Å². The summed E-state index contributed by atoms with van der Waals surface area (Å²) in [5.41, 5.74) is 2.33. The zero-order chi connectivity index (χ0) is 17.2. The number of fused-ring (bicyclic) bond motifs is 1. The number of benzene rings is 1. The van der Waals surface area contributed by atoms with Crippen molar-refractivity contribution in [2.45, 2.75) is 6.04 Å². The molecule has 1 N–H and O–H groups in total. The molecule has 1 saturated heterocycles. The Balaban J connectivity index is 1.90. The molecule has 0 radical (unpaired) electrons. The van der Waals surface area contributed by atoms with E-state index in [9.17, 15) is 5.11 Å². The summed E-state index contributed by atoms with van der Waals surface area (Å²) in [6.45, 7) is 2.90. The minimum atomic E-state index is -0.129. The summed E-state index contributed by atoms with van der Waals surface area (Å²) in [6.07, 6.45) is 5.19. The molecule has 4 rings (SSSR count). The van der Waals surface area contributed by atoms with Crippen LogP contribution in [0.3, 0.4) is 0 Å². The van der Waals surface area contributed by atoms with Crippen LogP contribution in [-0.2, 0) is 4.74 Å². The molecule has 5 nitrogen and oxygen atoms in total. The van der Waals surface area contributed by atoms with Crippen LogP contribution in [-0.4, -0.2) is 46.3 Å². The third kappa shape index (κ3) is 3.06. The summed E-state index contributed by atoms with van der Waals surface area (Å²) >= 11 is 6.50. The van der Waals surface area contributed by atoms with Gasteiger partial charge in [0, 0.05) is 42.6 Å². The van der Waals surface area contributed by atoms with Crippen molar-refractivity contribution in [3.8, 4) is 5.75 Å². The molecule has 3 heterocycles. The van der Waals surface area contributed by atoms with Crippen molar-refractivity contribution >= 4 is 22.5 Å². The average molecular weight is 356 g/mol. The summed E-state index contributed by atoms with van der Waals surface area (Å²) in [5.74, 6) is 0.174. The summed E-state index contributed by atoms with van der Waals surface area (Å²) in [7, 11) is 0. The maximum atomic E-state index is 10.9. The fourth-order valence-electron chi connectivity index (χ4n) is 3.38. The van der Waals surface area contributed by atoms with Gasteiger partial charge in [0.05, 0.1) is 24.3 Å². The molecule has 0 bridgehead atoms. The summed E-state index contributed by atoms with van der Waals surface area (Å²) < 4.78 is 5.49. The molecule has 1 aromatic carbocycles. The van der Waals surface area contributed by atoms with Gasteiger partial charge in [-0.3, -0.25) is 14.9 Å². The molecule has 128 valence electrons. The van der Waals surface area contributed by atoms with Gasteiger partial charge in [0.2, 0.25) is 0 Å². The van der Waals surface area contributed by atoms with Gasteiger partial charge in [0.25, 0.3) is 0 Å². The molecule has 0 aliphatic carbocycles. The fraction of sp³-hybridized carbons (Fsp3) is 0.263. The van der Waals surface area contributed by atoms with Gasteiger partial charge in [0.1, 0.15) is 11.3 Å². The lowest BCUT2D eigenvalue weighted by molar-refractivity contribution is 0.0236. The lowest BCUT2D eigenvalue weighted by atomic mass is 9.95. The molecule has 0 unspecified atom stereocenters. The second kappa shape index (κ2) is 6.96. The van der Waals surface area contributed by atoms with Crippen LogP contribution in [0.1, 0.15) is 17.2 Å². The maximum absolute atomic E-state index is 10.9. The zero-order valence-corrected chi connectivity index (χ0v) is 14.4. The van der Waals surface area contributed by atoms with Gasteiger partial charge < -0.3 is 9.84 Å². The van der Waals surface area contributed by atoms with E-state index in [2.05, 4.69) is 14.9 Å². The number of aromatic nitrogens is 2. The molecule has 0 amide bonds. The number of rotatable bonds is 3. The van der Waals surface area contributed by atoms with Crippen LogP contribution in [0.15, 0.2) is 48.9 Å². The number of ether oxygens (including phenoxy) is 1. The summed E-state index contributed by atoms with van der Waals surface area (Å²) in [6, 6.07) is 9.34. The van der Waals surface area contributed by atoms with E-state index in [1.165, 1.54) is 0 Å². The number of nitrogens with zero attached hydrogens (tertiary/aromatic N) is 3. The van der Waals surface area contributed by atoms with E-state index in [0.29, 0.717) is 23.8 Å². The van der Waals surface area contributed by atoms with Crippen LogP contribution in [0.2, 0.25) is 5.02 Å². The number of phenolic OH excluding ortho intramolecular Hbond substituents is 1. The van der Waals surface area contributed by atoms with Crippen molar-refractivity contribution in [2.75, 3.05) is 26.3 Å². The highest BCUT2D eigenvalue weighted by atomic mass is 35.5. The standard InChI is InChI=1S/C19H18ClN3O2/c20-16-12-15(19(24)17-14(16)2-1-5-22-17)18(13-3-6-21-7-4-13)23-8-10-25-11-9-23/h1-7,12,18,24H,8-11H2/t18-/m0/s1. The Morgan fingerprint density at radius 2 is 1.88 bits per heavy atom. The minimum absolute atomic E-state index is 0.129. The van der Waals surface area contributed by atoms with Crippen LogP contribution in [0.4, 0.5) is 0 Å². The Hall–Kier alpha value is -2.21. The highest BCUT2D eigenvalue weighted by Gasteiger charge is 2.28. The van der Waals surface area contributed by atoms with Gasteiger partial charge in [-0.15, -0.1) is 0 Å². The molecule has 0 spiro atoms. The van der Waals surface area contributed by atoms with Crippen molar-refractivity contribution in [3.05, 3.63) is 65.1 Å². The first kappa shape index (κ1) is 16.3. The molecule has 25 heavy (non-hydrogen) atoms. The van der Waals surface area contributed by atoms with Crippen LogP contribution in [0, 0.1) is 0 Å². The maximum Gasteiger partial charge on any atom is 0.147 e. The van der Waals surface area contributed by atoms with Gasteiger partial charge in [-0.25, -0.2) is 0 Å². The second-order valence-electron chi connectivity index (χ2n) is 6.03. The molecule has 2 aromatic heterocycles. The molecule has 3 aromatic rings. The van der Waals surface area contributed by atoms with Gasteiger partial charge >= 0.3 is 0 Å². The predicted molar refractivity (Wildman–Crippen MR) is 96.9 cm³/mol. The Morgan fingerprint density at radius 3 is 2.64 bits per heavy atom. The fourth-order valence-corrected chi connectivity index (χ4v) is 3.65. The SMILES string of the molecule is Oc1c([C@H](c2ccncc2)N2CCOCC2)cc(Cl)c2cccnc12. The molecule has 1 atom stereocenters. The summed E-state index contributed by atoms with van der Waals surface area (Å²) in [5, 5.41) is 12.3. The number of hydrogen-bond acceptors (Lipinski definition) is 5. The molecule has 1 aliphatic rings. The molecule has 1 fully saturated rings. The van der Waals surface area contributed by atoms with Gasteiger partial charge in [-0.1, -0.05) is 11.6 Å². The Morgan fingerprint density at radius 1 is 1.12 bits per heavy atom. The third-order valence-electron chi connectivity index (χ3n) is 4.57. The molecular formula is C19H18ClN3O2. The van der Waals surface area contributed by atoms with Crippen LogP contribution in [0.5, 0.6) is 5.75 Å². The lowest BCUT2D eigenvalue weighted by Crippen LogP contribution is -2.39. The number of halogens is 1. The monoisotopic (exact) mass is 355 g/mol. The number of morpholine rings is 1. The van der Waals surface area contributed by atoms with Crippen molar-refractivity contribution in [2.24, 2.45) is 0 Å². The van der Waals surface area contributed by atoms with E-state index in [-0.39, 0.29) is 11.8 Å². The average Bonchev–Trinajstić information content (AvgIpc) is 2.68. The van der Waals surface area contributed by atoms with Crippen molar-refractivity contribution in [1.29, 1.82) is 0 Å². The minimum Gasteiger partial charge on any atom is -0.505 e. The topological polar surface area (TPSA) is 58.5 Å². The Labute approximate surface area is 150 Å². The Bertz CT molecular complexity index is 882. The first-order valence-corrected chi connectivity index (χ1v) is 8.61. The van der Waals surface area contributed by atoms with Gasteiger partial charge in [-0.2, -0.15) is 0 Å². The summed E-state index contributed by atoms with van der Waals surface area (Å²) in [4.78, 5) is 10.7. The molecular weight excluding hydrogens is 338 g/mol. The van der Waals surface area contributed by atoms with Crippen LogP contribution < -0.4 is 0 Å². The van der Waals surface area contributed by atoms with E-state index >= 15 is 0 Å². The highest BCUT2D eigenvalue weighted by Crippen LogP contribution is 2.40. The largest absolute Gasteiger partial charge is 0.505 e. The molecule has 1 aliphatic heterocycles. The van der Waals surface area contributed by atoms with Gasteiger partial charge in [0.15, 0.2) is 0 Å². The van der Waals surface area contributed by atoms with Crippen molar-refractivity contribution in [3.63, 3.8) is 0 Å². The van der Waals surface area contributed by atoms with E-state index in [1.54, 1.807) is 18.6 Å². The second-order valence-corrected chi connectivity index (χ2v) is 6.43.